The average molecular weight is 375 g/mol. The second kappa shape index (κ2) is 8.38. The van der Waals surface area contributed by atoms with Gasteiger partial charge in [0, 0.05) is 31.4 Å². The van der Waals surface area contributed by atoms with Crippen LogP contribution < -0.4 is 0 Å². The average Bonchev–Trinajstić information content (AvgIpc) is 3.21. The maximum Gasteiger partial charge on any atom is 0.276 e. The molecule has 5 nitrogen and oxygen atoms in total. The molecule has 0 saturated carbocycles. The van der Waals surface area contributed by atoms with Gasteiger partial charge in [-0.15, -0.1) is 0 Å². The van der Waals surface area contributed by atoms with Crippen LogP contribution in [-0.4, -0.2) is 20.9 Å². The smallest absolute Gasteiger partial charge is 0.276 e. The number of hydrogen-bond donors (Lipinski definition) is 0. The molecule has 144 valence electrons. The Morgan fingerprint density at radius 3 is 2.96 bits per heavy atom. The molecule has 1 aromatic carbocycles. The molecule has 0 radical (unpaired) electrons. The van der Waals surface area contributed by atoms with Gasteiger partial charge in [-0.3, -0.25) is 9.78 Å². The van der Waals surface area contributed by atoms with E-state index in [1.807, 2.05) is 23.2 Å². The number of amides is 1. The number of hydrogen-bond acceptors (Lipinski definition) is 4. The number of fused-ring (bicyclic) bond motifs is 1. The van der Waals surface area contributed by atoms with Crippen LogP contribution in [0, 0.1) is 0 Å². The second-order valence-electron chi connectivity index (χ2n) is 7.33. The summed E-state index contributed by atoms with van der Waals surface area (Å²) in [5.41, 5.74) is 3.96. The van der Waals surface area contributed by atoms with Crippen LogP contribution in [0.1, 0.15) is 65.2 Å². The lowest BCUT2D eigenvalue weighted by Crippen LogP contribution is -2.36. The van der Waals surface area contributed by atoms with Crippen LogP contribution in [0.4, 0.5) is 0 Å². The van der Waals surface area contributed by atoms with Crippen molar-refractivity contribution in [3.63, 3.8) is 0 Å². The zero-order valence-electron chi connectivity index (χ0n) is 16.2. The van der Waals surface area contributed by atoms with Gasteiger partial charge in [0.15, 0.2) is 5.69 Å². The van der Waals surface area contributed by atoms with Crippen LogP contribution in [0.25, 0.3) is 0 Å². The third-order valence-corrected chi connectivity index (χ3v) is 5.33. The van der Waals surface area contributed by atoms with E-state index >= 15 is 0 Å². The van der Waals surface area contributed by atoms with Gasteiger partial charge in [-0.25, -0.2) is 0 Å². The fraction of sp³-hybridized carbons (Fsp3) is 0.348. The zero-order chi connectivity index (χ0) is 19.3. The molecule has 1 atom stereocenters. The normalized spacial score (nSPS) is 15.8. The molecule has 4 rings (SSSR count). The lowest BCUT2D eigenvalue weighted by Gasteiger charge is -2.35. The fourth-order valence-corrected chi connectivity index (χ4v) is 3.99. The van der Waals surface area contributed by atoms with Crippen LogP contribution in [0.2, 0.25) is 0 Å². The van der Waals surface area contributed by atoms with E-state index in [2.05, 4.69) is 41.3 Å². The fourth-order valence-electron chi connectivity index (χ4n) is 3.99. The van der Waals surface area contributed by atoms with Gasteiger partial charge in [-0.1, -0.05) is 42.4 Å². The molecule has 0 bridgehead atoms. The molecule has 1 aliphatic carbocycles. The molecular formula is C23H25N3O2. The van der Waals surface area contributed by atoms with Gasteiger partial charge in [-0.05, 0) is 48.4 Å². The lowest BCUT2D eigenvalue weighted by atomic mass is 9.86. The molecule has 0 N–H and O–H groups in total. The molecule has 3 aromatic rings. The highest BCUT2D eigenvalue weighted by atomic mass is 16.5. The minimum Gasteiger partial charge on any atom is -0.361 e. The maximum atomic E-state index is 13.5. The van der Waals surface area contributed by atoms with Crippen molar-refractivity contribution < 1.29 is 9.32 Å². The summed E-state index contributed by atoms with van der Waals surface area (Å²) in [6, 6.07) is 14.2. The van der Waals surface area contributed by atoms with E-state index in [9.17, 15) is 4.79 Å². The number of aromatic nitrogens is 2. The van der Waals surface area contributed by atoms with E-state index in [0.717, 1.165) is 43.4 Å². The SMILES string of the molecule is CCCc1cc(C(=O)N(Cc2cccnc2)[C@H]2CCCc3ccccc32)no1. The first-order valence-corrected chi connectivity index (χ1v) is 9.99. The molecule has 1 aliphatic rings. The van der Waals surface area contributed by atoms with Crippen LogP contribution >= 0.6 is 0 Å². The first kappa shape index (κ1) is 18.4. The van der Waals surface area contributed by atoms with E-state index in [4.69, 9.17) is 4.52 Å². The van der Waals surface area contributed by atoms with Crippen molar-refractivity contribution in [1.82, 2.24) is 15.0 Å². The molecule has 5 heteroatoms. The van der Waals surface area contributed by atoms with Crippen LogP contribution in [-0.2, 0) is 19.4 Å². The first-order chi connectivity index (χ1) is 13.8. The van der Waals surface area contributed by atoms with Crippen molar-refractivity contribution in [3.8, 4) is 0 Å². The highest BCUT2D eigenvalue weighted by molar-refractivity contribution is 5.92. The summed E-state index contributed by atoms with van der Waals surface area (Å²) < 4.78 is 5.37. The Kier molecular flexibility index (Phi) is 5.51. The van der Waals surface area contributed by atoms with Crippen LogP contribution in [0.15, 0.2) is 59.4 Å². The summed E-state index contributed by atoms with van der Waals surface area (Å²) in [4.78, 5) is 19.6. The molecule has 0 saturated heterocycles. The summed E-state index contributed by atoms with van der Waals surface area (Å²) in [6.07, 6.45) is 8.39. The number of carbonyl (C=O) groups excluding carboxylic acids is 1. The minimum absolute atomic E-state index is 0.0315. The molecule has 2 heterocycles. The summed E-state index contributed by atoms with van der Waals surface area (Å²) in [5.74, 6) is 0.674. The second-order valence-corrected chi connectivity index (χ2v) is 7.33. The molecule has 0 spiro atoms. The Bertz CT molecular complexity index is 936. The third kappa shape index (κ3) is 3.84. The number of rotatable bonds is 6. The Balaban J connectivity index is 1.69. The van der Waals surface area contributed by atoms with Crippen molar-refractivity contribution in [2.24, 2.45) is 0 Å². The Morgan fingerprint density at radius 2 is 2.14 bits per heavy atom. The third-order valence-electron chi connectivity index (χ3n) is 5.33. The molecular weight excluding hydrogens is 350 g/mol. The molecule has 0 fully saturated rings. The number of carbonyl (C=O) groups is 1. The number of benzene rings is 1. The maximum absolute atomic E-state index is 13.5. The van der Waals surface area contributed by atoms with Crippen LogP contribution in [0.3, 0.4) is 0 Å². The number of aryl methyl sites for hydroxylation is 2. The molecule has 28 heavy (non-hydrogen) atoms. The quantitative estimate of drug-likeness (QED) is 0.624. The van der Waals surface area contributed by atoms with Gasteiger partial charge >= 0.3 is 0 Å². The van der Waals surface area contributed by atoms with Crippen molar-refractivity contribution in [2.75, 3.05) is 0 Å². The van der Waals surface area contributed by atoms with Gasteiger partial charge in [0.25, 0.3) is 5.91 Å². The highest BCUT2D eigenvalue weighted by Crippen LogP contribution is 2.36. The number of pyridine rings is 1. The predicted molar refractivity (Wildman–Crippen MR) is 107 cm³/mol. The monoisotopic (exact) mass is 375 g/mol. The summed E-state index contributed by atoms with van der Waals surface area (Å²) in [5, 5.41) is 4.07. The zero-order valence-corrected chi connectivity index (χ0v) is 16.2. The molecule has 1 amide bonds. The first-order valence-electron chi connectivity index (χ1n) is 9.99. The van der Waals surface area contributed by atoms with Gasteiger partial charge in [0.05, 0.1) is 6.04 Å². The van der Waals surface area contributed by atoms with Gasteiger partial charge in [-0.2, -0.15) is 0 Å². The van der Waals surface area contributed by atoms with Crippen molar-refractivity contribution in [2.45, 2.75) is 51.6 Å². The largest absolute Gasteiger partial charge is 0.361 e. The molecule has 2 aromatic heterocycles. The van der Waals surface area contributed by atoms with Gasteiger partial charge in [0.2, 0.25) is 0 Å². The van der Waals surface area contributed by atoms with E-state index < -0.39 is 0 Å². The Morgan fingerprint density at radius 1 is 1.25 bits per heavy atom. The highest BCUT2D eigenvalue weighted by Gasteiger charge is 2.31. The predicted octanol–water partition coefficient (Wildman–Crippen LogP) is 4.74. The van der Waals surface area contributed by atoms with Crippen molar-refractivity contribution in [1.29, 1.82) is 0 Å². The summed E-state index contributed by atoms with van der Waals surface area (Å²) in [7, 11) is 0. The van der Waals surface area contributed by atoms with Crippen molar-refractivity contribution in [3.05, 3.63) is 83.0 Å². The Labute approximate surface area is 165 Å². The topological polar surface area (TPSA) is 59.2 Å². The summed E-state index contributed by atoms with van der Waals surface area (Å²) in [6.45, 7) is 2.58. The van der Waals surface area contributed by atoms with E-state index in [1.54, 1.807) is 12.3 Å². The van der Waals surface area contributed by atoms with Gasteiger partial charge in [0.1, 0.15) is 5.76 Å². The molecule has 0 aliphatic heterocycles. The van der Waals surface area contributed by atoms with E-state index in [0.29, 0.717) is 12.2 Å². The van der Waals surface area contributed by atoms with Gasteiger partial charge < -0.3 is 9.42 Å². The summed E-state index contributed by atoms with van der Waals surface area (Å²) >= 11 is 0. The lowest BCUT2D eigenvalue weighted by molar-refractivity contribution is 0.0627. The minimum atomic E-state index is -0.0864. The van der Waals surface area contributed by atoms with E-state index in [1.165, 1.54) is 11.1 Å². The Hall–Kier alpha value is -2.95. The molecule has 0 unspecified atom stereocenters. The number of nitrogens with zero attached hydrogens (tertiary/aromatic N) is 3. The van der Waals surface area contributed by atoms with Crippen molar-refractivity contribution >= 4 is 5.91 Å². The van der Waals surface area contributed by atoms with Crippen LogP contribution in [0.5, 0.6) is 0 Å². The standard InChI is InChI=1S/C23H25N3O2/c1-2-7-19-14-21(25-28-19)23(27)26(16-17-8-6-13-24-15-17)22-12-5-10-18-9-3-4-11-20(18)22/h3-4,6,8-9,11,13-15,22H,2,5,7,10,12,16H2,1H3/t22-/m0/s1. The van der Waals surface area contributed by atoms with E-state index in [-0.39, 0.29) is 11.9 Å².